The van der Waals surface area contributed by atoms with E-state index in [1.807, 2.05) is 54.6 Å². The van der Waals surface area contributed by atoms with E-state index < -0.39 is 0 Å². The second-order valence-corrected chi connectivity index (χ2v) is 6.13. The van der Waals surface area contributed by atoms with Gasteiger partial charge < -0.3 is 19.5 Å². The van der Waals surface area contributed by atoms with Gasteiger partial charge in [0.2, 0.25) is 0 Å². The van der Waals surface area contributed by atoms with Crippen LogP contribution in [-0.2, 0) is 13.2 Å². The number of nitrogens with one attached hydrogen (secondary N) is 1. The third-order valence-electron chi connectivity index (χ3n) is 4.29. The first-order chi connectivity index (χ1) is 13.7. The lowest BCUT2D eigenvalue weighted by atomic mass is 10.1. The highest BCUT2D eigenvalue weighted by Crippen LogP contribution is 2.29. The van der Waals surface area contributed by atoms with Gasteiger partial charge in [-0.25, -0.2) is 0 Å². The molecule has 0 fully saturated rings. The lowest BCUT2D eigenvalue weighted by Gasteiger charge is -2.13. The van der Waals surface area contributed by atoms with Crippen molar-refractivity contribution in [1.29, 1.82) is 0 Å². The molecule has 0 saturated heterocycles. The number of carbonyl (C=O) groups excluding carboxylic acids is 1. The molecule has 144 valence electrons. The number of rotatable bonds is 8. The quantitative estimate of drug-likeness (QED) is 0.639. The Hall–Kier alpha value is -3.47. The van der Waals surface area contributed by atoms with Gasteiger partial charge in [0, 0.05) is 17.7 Å². The topological polar surface area (TPSA) is 56.8 Å². The first-order valence-electron chi connectivity index (χ1n) is 8.96. The van der Waals surface area contributed by atoms with Gasteiger partial charge in [-0.2, -0.15) is 0 Å². The van der Waals surface area contributed by atoms with Crippen LogP contribution < -0.4 is 19.5 Å². The van der Waals surface area contributed by atoms with Crippen LogP contribution in [0.3, 0.4) is 0 Å². The number of amides is 1. The third kappa shape index (κ3) is 4.82. The van der Waals surface area contributed by atoms with E-state index in [-0.39, 0.29) is 5.91 Å². The zero-order chi connectivity index (χ0) is 19.8. The Morgan fingerprint density at radius 3 is 2.29 bits per heavy atom. The predicted molar refractivity (Wildman–Crippen MR) is 108 cm³/mol. The largest absolute Gasteiger partial charge is 0.496 e. The van der Waals surface area contributed by atoms with E-state index in [4.69, 9.17) is 14.2 Å². The van der Waals surface area contributed by atoms with Gasteiger partial charge in [0.1, 0.15) is 12.4 Å². The molecule has 0 bridgehead atoms. The van der Waals surface area contributed by atoms with Gasteiger partial charge >= 0.3 is 0 Å². The molecular formula is C23H23NO4. The van der Waals surface area contributed by atoms with E-state index in [9.17, 15) is 4.79 Å². The van der Waals surface area contributed by atoms with Crippen molar-refractivity contribution in [1.82, 2.24) is 5.32 Å². The summed E-state index contributed by atoms with van der Waals surface area (Å²) in [4.78, 5) is 12.5. The zero-order valence-corrected chi connectivity index (χ0v) is 16.0. The Kier molecular flexibility index (Phi) is 6.52. The molecule has 0 aliphatic heterocycles. The van der Waals surface area contributed by atoms with Crippen molar-refractivity contribution in [3.05, 3.63) is 89.5 Å². The van der Waals surface area contributed by atoms with Crippen LogP contribution in [0.1, 0.15) is 21.5 Å². The fourth-order valence-corrected chi connectivity index (χ4v) is 2.79. The fourth-order valence-electron chi connectivity index (χ4n) is 2.79. The van der Waals surface area contributed by atoms with Crippen LogP contribution in [0.2, 0.25) is 0 Å². The number of methoxy groups -OCH3 is 2. The minimum Gasteiger partial charge on any atom is -0.496 e. The second kappa shape index (κ2) is 9.46. The minimum absolute atomic E-state index is 0.196. The minimum atomic E-state index is -0.196. The molecule has 0 unspecified atom stereocenters. The average Bonchev–Trinajstić information content (AvgIpc) is 2.76. The summed E-state index contributed by atoms with van der Waals surface area (Å²) >= 11 is 0. The Labute approximate surface area is 164 Å². The number of carbonyl (C=O) groups is 1. The monoisotopic (exact) mass is 377 g/mol. The van der Waals surface area contributed by atoms with Crippen molar-refractivity contribution in [2.75, 3.05) is 14.2 Å². The molecule has 5 nitrogen and oxygen atoms in total. The Balaban J connectivity index is 1.66. The molecule has 28 heavy (non-hydrogen) atoms. The van der Waals surface area contributed by atoms with E-state index in [0.29, 0.717) is 30.2 Å². The highest BCUT2D eigenvalue weighted by atomic mass is 16.5. The van der Waals surface area contributed by atoms with Crippen molar-refractivity contribution in [2.45, 2.75) is 13.2 Å². The molecule has 0 radical (unpaired) electrons. The molecule has 0 atom stereocenters. The van der Waals surface area contributed by atoms with E-state index in [2.05, 4.69) is 5.32 Å². The van der Waals surface area contributed by atoms with E-state index in [1.165, 1.54) is 0 Å². The summed E-state index contributed by atoms with van der Waals surface area (Å²) in [5.41, 5.74) is 2.47. The number of benzene rings is 3. The number of ether oxygens (including phenoxy) is 3. The van der Waals surface area contributed by atoms with Gasteiger partial charge in [-0.05, 0) is 29.8 Å². The first-order valence-corrected chi connectivity index (χ1v) is 8.96. The maximum absolute atomic E-state index is 12.5. The fraction of sp³-hybridized carbons (Fsp3) is 0.174. The molecule has 0 aliphatic rings. The summed E-state index contributed by atoms with van der Waals surface area (Å²) < 4.78 is 16.5. The second-order valence-electron chi connectivity index (χ2n) is 6.13. The summed E-state index contributed by atoms with van der Waals surface area (Å²) in [6.07, 6.45) is 0. The van der Waals surface area contributed by atoms with E-state index >= 15 is 0 Å². The summed E-state index contributed by atoms with van der Waals surface area (Å²) in [7, 11) is 3.17. The molecule has 0 spiro atoms. The van der Waals surface area contributed by atoms with Crippen molar-refractivity contribution >= 4 is 5.91 Å². The molecule has 3 aromatic carbocycles. The SMILES string of the molecule is COc1ccccc1CNC(=O)c1ccc(OCc2ccccc2)c(OC)c1. The Morgan fingerprint density at radius 2 is 1.54 bits per heavy atom. The van der Waals surface area contributed by atoms with E-state index in [0.717, 1.165) is 16.9 Å². The molecule has 1 amide bonds. The van der Waals surface area contributed by atoms with Crippen molar-refractivity contribution in [3.8, 4) is 17.2 Å². The average molecular weight is 377 g/mol. The number of hydrogen-bond acceptors (Lipinski definition) is 4. The lowest BCUT2D eigenvalue weighted by molar-refractivity contribution is 0.0950. The summed E-state index contributed by atoms with van der Waals surface area (Å²) in [6, 6.07) is 22.6. The highest BCUT2D eigenvalue weighted by molar-refractivity contribution is 5.94. The first kappa shape index (κ1) is 19.3. The smallest absolute Gasteiger partial charge is 0.251 e. The van der Waals surface area contributed by atoms with Crippen molar-refractivity contribution in [2.24, 2.45) is 0 Å². The normalized spacial score (nSPS) is 10.2. The molecule has 0 aromatic heterocycles. The zero-order valence-electron chi connectivity index (χ0n) is 16.0. The van der Waals surface area contributed by atoms with Crippen molar-refractivity contribution in [3.63, 3.8) is 0 Å². The molecule has 0 aliphatic carbocycles. The highest BCUT2D eigenvalue weighted by Gasteiger charge is 2.12. The number of hydrogen-bond donors (Lipinski definition) is 1. The van der Waals surface area contributed by atoms with Crippen LogP contribution >= 0.6 is 0 Å². The Bertz CT molecular complexity index is 925. The summed E-state index contributed by atoms with van der Waals surface area (Å²) in [5.74, 6) is 1.65. The van der Waals surface area contributed by atoms with Gasteiger partial charge in [0.15, 0.2) is 11.5 Å². The van der Waals surface area contributed by atoms with Crippen LogP contribution in [0.5, 0.6) is 17.2 Å². The predicted octanol–water partition coefficient (Wildman–Crippen LogP) is 4.21. The van der Waals surface area contributed by atoms with Crippen LogP contribution in [0, 0.1) is 0 Å². The molecule has 1 N–H and O–H groups in total. The maximum Gasteiger partial charge on any atom is 0.251 e. The third-order valence-corrected chi connectivity index (χ3v) is 4.29. The van der Waals surface area contributed by atoms with Gasteiger partial charge in [-0.1, -0.05) is 48.5 Å². The van der Waals surface area contributed by atoms with Crippen LogP contribution in [-0.4, -0.2) is 20.1 Å². The van der Waals surface area contributed by atoms with Crippen molar-refractivity contribution < 1.29 is 19.0 Å². The molecule has 3 rings (SSSR count). The van der Waals surface area contributed by atoms with Gasteiger partial charge in [0.25, 0.3) is 5.91 Å². The van der Waals surface area contributed by atoms with Gasteiger partial charge in [-0.3, -0.25) is 4.79 Å². The standard InChI is InChI=1S/C23H23NO4/c1-26-20-11-7-6-10-19(20)15-24-23(25)18-12-13-21(22(14-18)27-2)28-16-17-8-4-3-5-9-17/h3-14H,15-16H2,1-2H3,(H,24,25). The molecule has 0 saturated carbocycles. The van der Waals surface area contributed by atoms with Gasteiger partial charge in [-0.15, -0.1) is 0 Å². The molecule has 0 heterocycles. The number of para-hydroxylation sites is 1. The van der Waals surface area contributed by atoms with Gasteiger partial charge in [0.05, 0.1) is 14.2 Å². The van der Waals surface area contributed by atoms with E-state index in [1.54, 1.807) is 32.4 Å². The molecular weight excluding hydrogens is 354 g/mol. The van der Waals surface area contributed by atoms with Crippen LogP contribution in [0.4, 0.5) is 0 Å². The van der Waals surface area contributed by atoms with Crippen LogP contribution in [0.15, 0.2) is 72.8 Å². The summed E-state index contributed by atoms with van der Waals surface area (Å²) in [6.45, 7) is 0.800. The maximum atomic E-state index is 12.5. The summed E-state index contributed by atoms with van der Waals surface area (Å²) in [5, 5.41) is 2.90. The molecule has 5 heteroatoms. The van der Waals surface area contributed by atoms with Crippen LogP contribution in [0.25, 0.3) is 0 Å². The lowest BCUT2D eigenvalue weighted by Crippen LogP contribution is -2.23. The molecule has 3 aromatic rings. The Morgan fingerprint density at radius 1 is 0.821 bits per heavy atom.